The Morgan fingerprint density at radius 2 is 2.29 bits per heavy atom. The van der Waals surface area contributed by atoms with Crippen LogP contribution in [0.5, 0.6) is 5.88 Å². The standard InChI is InChI=1S/C9H12N2O3/c1-13-6-8(12)11-7-3-4-9(14-2)10-5-7/h3-5H,6H2,1-2H3,(H,11,12). The summed E-state index contributed by atoms with van der Waals surface area (Å²) in [6.07, 6.45) is 1.52. The molecule has 76 valence electrons. The second-order valence-electron chi connectivity index (χ2n) is 2.57. The maximum absolute atomic E-state index is 11.1. The maximum atomic E-state index is 11.1. The zero-order valence-electron chi connectivity index (χ0n) is 8.11. The van der Waals surface area contributed by atoms with Crippen molar-refractivity contribution >= 4 is 11.6 Å². The Kier molecular flexibility index (Phi) is 3.87. The predicted molar refractivity (Wildman–Crippen MR) is 51.3 cm³/mol. The summed E-state index contributed by atoms with van der Waals surface area (Å²) in [5.74, 6) is 0.300. The minimum atomic E-state index is -0.209. The molecule has 0 fully saturated rings. The molecule has 1 aromatic heterocycles. The summed E-state index contributed by atoms with van der Waals surface area (Å²) >= 11 is 0. The molecule has 0 aliphatic heterocycles. The fourth-order valence-corrected chi connectivity index (χ4v) is 0.903. The molecule has 5 heteroatoms. The summed E-state index contributed by atoms with van der Waals surface area (Å²) in [6.45, 7) is 0.0338. The van der Waals surface area contributed by atoms with E-state index in [0.29, 0.717) is 11.6 Å². The van der Waals surface area contributed by atoms with Crippen LogP contribution >= 0.6 is 0 Å². The quantitative estimate of drug-likeness (QED) is 0.769. The van der Waals surface area contributed by atoms with Crippen LogP contribution < -0.4 is 10.1 Å². The summed E-state index contributed by atoms with van der Waals surface area (Å²) in [6, 6.07) is 3.38. The lowest BCUT2D eigenvalue weighted by molar-refractivity contribution is -0.119. The molecule has 0 saturated heterocycles. The van der Waals surface area contributed by atoms with E-state index in [1.807, 2.05) is 0 Å². The number of rotatable bonds is 4. The fourth-order valence-electron chi connectivity index (χ4n) is 0.903. The van der Waals surface area contributed by atoms with Gasteiger partial charge >= 0.3 is 0 Å². The SMILES string of the molecule is COCC(=O)Nc1ccc(OC)nc1. The zero-order chi connectivity index (χ0) is 10.4. The molecule has 0 saturated carbocycles. The van der Waals surface area contributed by atoms with Crippen LogP contribution in [0.1, 0.15) is 0 Å². The molecule has 1 aromatic rings. The molecular weight excluding hydrogens is 184 g/mol. The van der Waals surface area contributed by atoms with Gasteiger partial charge in [-0.2, -0.15) is 0 Å². The van der Waals surface area contributed by atoms with Crippen molar-refractivity contribution in [1.82, 2.24) is 4.98 Å². The van der Waals surface area contributed by atoms with Gasteiger partial charge in [-0.1, -0.05) is 0 Å². The number of aromatic nitrogens is 1. The molecule has 1 N–H and O–H groups in total. The Hall–Kier alpha value is -1.62. The number of carbonyl (C=O) groups is 1. The van der Waals surface area contributed by atoms with Gasteiger partial charge in [0, 0.05) is 13.2 Å². The largest absolute Gasteiger partial charge is 0.481 e. The molecule has 5 nitrogen and oxygen atoms in total. The highest BCUT2D eigenvalue weighted by Gasteiger charge is 2.01. The van der Waals surface area contributed by atoms with Crippen molar-refractivity contribution in [3.8, 4) is 5.88 Å². The Morgan fingerprint density at radius 1 is 1.50 bits per heavy atom. The van der Waals surface area contributed by atoms with Crippen LogP contribution in [0.4, 0.5) is 5.69 Å². The van der Waals surface area contributed by atoms with E-state index < -0.39 is 0 Å². The lowest BCUT2D eigenvalue weighted by Gasteiger charge is -2.04. The van der Waals surface area contributed by atoms with E-state index >= 15 is 0 Å². The van der Waals surface area contributed by atoms with Gasteiger partial charge in [-0.25, -0.2) is 4.98 Å². The molecule has 1 rings (SSSR count). The molecule has 0 atom stereocenters. The second kappa shape index (κ2) is 5.18. The van der Waals surface area contributed by atoms with Gasteiger partial charge in [0.15, 0.2) is 0 Å². The Balaban J connectivity index is 2.55. The van der Waals surface area contributed by atoms with E-state index in [1.54, 1.807) is 12.1 Å². The summed E-state index contributed by atoms with van der Waals surface area (Å²) in [4.78, 5) is 15.0. The molecular formula is C9H12N2O3. The first kappa shape index (κ1) is 10.5. The number of methoxy groups -OCH3 is 2. The lowest BCUT2D eigenvalue weighted by atomic mass is 10.4. The van der Waals surface area contributed by atoms with Gasteiger partial charge in [0.05, 0.1) is 19.0 Å². The van der Waals surface area contributed by atoms with Gasteiger partial charge in [-0.3, -0.25) is 4.79 Å². The normalized spacial score (nSPS) is 9.57. The number of nitrogens with one attached hydrogen (secondary N) is 1. The summed E-state index contributed by atoms with van der Waals surface area (Å²) in [5.41, 5.74) is 0.618. The molecule has 0 unspecified atom stereocenters. The lowest BCUT2D eigenvalue weighted by Crippen LogP contribution is -2.17. The van der Waals surface area contributed by atoms with Crippen molar-refractivity contribution in [3.63, 3.8) is 0 Å². The molecule has 0 aliphatic carbocycles. The van der Waals surface area contributed by atoms with Crippen LogP contribution in [-0.4, -0.2) is 31.7 Å². The third-order valence-corrected chi connectivity index (χ3v) is 1.50. The number of anilines is 1. The van der Waals surface area contributed by atoms with E-state index in [4.69, 9.17) is 4.74 Å². The number of ether oxygens (including phenoxy) is 2. The van der Waals surface area contributed by atoms with E-state index in [1.165, 1.54) is 20.4 Å². The van der Waals surface area contributed by atoms with E-state index in [0.717, 1.165) is 0 Å². The molecule has 0 bridgehead atoms. The van der Waals surface area contributed by atoms with Gasteiger partial charge in [0.2, 0.25) is 11.8 Å². The van der Waals surface area contributed by atoms with Crippen molar-refractivity contribution in [2.24, 2.45) is 0 Å². The van der Waals surface area contributed by atoms with E-state index in [-0.39, 0.29) is 12.5 Å². The molecule has 14 heavy (non-hydrogen) atoms. The van der Waals surface area contributed by atoms with Crippen molar-refractivity contribution in [1.29, 1.82) is 0 Å². The minimum absolute atomic E-state index is 0.0338. The predicted octanol–water partition coefficient (Wildman–Crippen LogP) is 0.675. The van der Waals surface area contributed by atoms with E-state index in [2.05, 4.69) is 15.0 Å². The smallest absolute Gasteiger partial charge is 0.250 e. The maximum Gasteiger partial charge on any atom is 0.250 e. The van der Waals surface area contributed by atoms with E-state index in [9.17, 15) is 4.79 Å². The van der Waals surface area contributed by atoms with Gasteiger partial charge in [0.1, 0.15) is 6.61 Å². The van der Waals surface area contributed by atoms with Crippen LogP contribution in [0.3, 0.4) is 0 Å². The molecule has 0 aliphatic rings. The number of hydrogen-bond acceptors (Lipinski definition) is 4. The highest BCUT2D eigenvalue weighted by atomic mass is 16.5. The fraction of sp³-hybridized carbons (Fsp3) is 0.333. The van der Waals surface area contributed by atoms with Crippen LogP contribution in [0, 0.1) is 0 Å². The van der Waals surface area contributed by atoms with Gasteiger partial charge in [0.25, 0.3) is 0 Å². The number of pyridine rings is 1. The first-order valence-electron chi connectivity index (χ1n) is 4.05. The molecule has 0 spiro atoms. The topological polar surface area (TPSA) is 60.5 Å². The summed E-state index contributed by atoms with van der Waals surface area (Å²) in [7, 11) is 3.00. The third-order valence-electron chi connectivity index (χ3n) is 1.50. The second-order valence-corrected chi connectivity index (χ2v) is 2.57. The summed E-state index contributed by atoms with van der Waals surface area (Å²) in [5, 5.41) is 2.61. The van der Waals surface area contributed by atoms with Crippen LogP contribution in [0.2, 0.25) is 0 Å². The average molecular weight is 196 g/mol. The van der Waals surface area contributed by atoms with Crippen LogP contribution in [-0.2, 0) is 9.53 Å². The van der Waals surface area contributed by atoms with Gasteiger partial charge in [-0.05, 0) is 6.07 Å². The van der Waals surface area contributed by atoms with Crippen LogP contribution in [0.25, 0.3) is 0 Å². The molecule has 0 aromatic carbocycles. The zero-order valence-corrected chi connectivity index (χ0v) is 8.11. The highest BCUT2D eigenvalue weighted by molar-refractivity contribution is 5.91. The number of carbonyl (C=O) groups excluding carboxylic acids is 1. The first-order valence-corrected chi connectivity index (χ1v) is 4.05. The number of amides is 1. The van der Waals surface area contributed by atoms with Gasteiger partial charge < -0.3 is 14.8 Å². The summed E-state index contributed by atoms with van der Waals surface area (Å²) < 4.78 is 9.54. The number of nitrogens with zero attached hydrogens (tertiary/aromatic N) is 1. The van der Waals surface area contributed by atoms with Crippen molar-refractivity contribution < 1.29 is 14.3 Å². The Labute approximate surface area is 82.0 Å². The van der Waals surface area contributed by atoms with Crippen molar-refractivity contribution in [3.05, 3.63) is 18.3 Å². The Morgan fingerprint density at radius 3 is 2.79 bits per heavy atom. The van der Waals surface area contributed by atoms with Crippen molar-refractivity contribution in [2.75, 3.05) is 26.1 Å². The first-order chi connectivity index (χ1) is 6.76. The van der Waals surface area contributed by atoms with Crippen LogP contribution in [0.15, 0.2) is 18.3 Å². The number of hydrogen-bond donors (Lipinski definition) is 1. The monoisotopic (exact) mass is 196 g/mol. The average Bonchev–Trinajstić information content (AvgIpc) is 2.19. The molecule has 1 heterocycles. The minimum Gasteiger partial charge on any atom is -0.481 e. The highest BCUT2D eigenvalue weighted by Crippen LogP contribution is 2.10. The molecule has 0 radical (unpaired) electrons. The Bertz CT molecular complexity index is 297. The van der Waals surface area contributed by atoms with Gasteiger partial charge in [-0.15, -0.1) is 0 Å². The van der Waals surface area contributed by atoms with Crippen molar-refractivity contribution in [2.45, 2.75) is 0 Å². The molecule has 1 amide bonds. The third kappa shape index (κ3) is 3.02.